The highest BCUT2D eigenvalue weighted by molar-refractivity contribution is 6.29. The van der Waals surface area contributed by atoms with Crippen molar-refractivity contribution in [2.24, 2.45) is 7.05 Å². The van der Waals surface area contributed by atoms with E-state index in [1.165, 1.54) is 5.56 Å². The quantitative estimate of drug-likeness (QED) is 0.824. The second kappa shape index (κ2) is 4.29. The summed E-state index contributed by atoms with van der Waals surface area (Å²) >= 11 is 5.92. The average Bonchev–Trinajstić information content (AvgIpc) is 2.76. The number of hydrogen-bond donors (Lipinski definition) is 0. The lowest BCUT2D eigenvalue weighted by Crippen LogP contribution is -2.01. The van der Waals surface area contributed by atoms with Crippen molar-refractivity contribution in [1.29, 1.82) is 0 Å². The minimum absolute atomic E-state index is 0.501. The molecule has 2 heterocycles. The third-order valence-corrected chi connectivity index (χ3v) is 2.87. The summed E-state index contributed by atoms with van der Waals surface area (Å²) in [6.45, 7) is 4.96. The Bertz CT molecular complexity index is 464. The van der Waals surface area contributed by atoms with E-state index < -0.39 is 0 Å². The SMILES string of the molecule is CC(C)c1cnn(Cc2cc(Cl)n(C)n2)c1. The fraction of sp³-hybridized carbons (Fsp3) is 0.455. The first kappa shape index (κ1) is 11.2. The highest BCUT2D eigenvalue weighted by atomic mass is 35.5. The van der Waals surface area contributed by atoms with Gasteiger partial charge in [0, 0.05) is 19.3 Å². The number of halogens is 1. The van der Waals surface area contributed by atoms with Gasteiger partial charge in [-0.15, -0.1) is 0 Å². The van der Waals surface area contributed by atoms with Crippen LogP contribution in [0.5, 0.6) is 0 Å². The van der Waals surface area contributed by atoms with Gasteiger partial charge in [-0.25, -0.2) is 0 Å². The van der Waals surface area contributed by atoms with Crippen molar-refractivity contribution < 1.29 is 0 Å². The van der Waals surface area contributed by atoms with E-state index in [1.807, 2.05) is 30.2 Å². The zero-order chi connectivity index (χ0) is 11.7. The van der Waals surface area contributed by atoms with E-state index in [0.717, 1.165) is 5.69 Å². The standard InChI is InChI=1S/C11H15ClN4/c1-8(2)9-5-13-16(6-9)7-10-4-11(12)15(3)14-10/h4-6,8H,7H2,1-3H3. The van der Waals surface area contributed by atoms with Crippen molar-refractivity contribution in [2.75, 3.05) is 0 Å². The van der Waals surface area contributed by atoms with Crippen molar-refractivity contribution >= 4 is 11.6 Å². The maximum Gasteiger partial charge on any atom is 0.127 e. The van der Waals surface area contributed by atoms with Crippen LogP contribution in [0, 0.1) is 0 Å². The molecule has 0 spiro atoms. The second-order valence-corrected chi connectivity index (χ2v) is 4.60. The minimum atomic E-state index is 0.501. The highest BCUT2D eigenvalue weighted by Gasteiger charge is 2.06. The Morgan fingerprint density at radius 3 is 2.69 bits per heavy atom. The molecule has 2 aromatic heterocycles. The molecular weight excluding hydrogens is 224 g/mol. The van der Waals surface area contributed by atoms with Gasteiger partial charge in [0.15, 0.2) is 0 Å². The van der Waals surface area contributed by atoms with E-state index in [2.05, 4.69) is 24.0 Å². The first-order valence-corrected chi connectivity index (χ1v) is 5.65. The number of aryl methyl sites for hydroxylation is 1. The monoisotopic (exact) mass is 238 g/mol. The van der Waals surface area contributed by atoms with E-state index in [0.29, 0.717) is 17.6 Å². The van der Waals surface area contributed by atoms with Gasteiger partial charge in [0.2, 0.25) is 0 Å². The van der Waals surface area contributed by atoms with Gasteiger partial charge in [0.25, 0.3) is 0 Å². The Balaban J connectivity index is 2.14. The largest absolute Gasteiger partial charge is 0.266 e. The molecule has 0 radical (unpaired) electrons. The van der Waals surface area contributed by atoms with Crippen LogP contribution in [0.3, 0.4) is 0 Å². The molecule has 0 aliphatic rings. The molecule has 86 valence electrons. The molecular formula is C11H15ClN4. The zero-order valence-corrected chi connectivity index (χ0v) is 10.4. The van der Waals surface area contributed by atoms with Gasteiger partial charge in [-0.3, -0.25) is 9.36 Å². The fourth-order valence-corrected chi connectivity index (χ4v) is 1.67. The van der Waals surface area contributed by atoms with Crippen LogP contribution < -0.4 is 0 Å². The lowest BCUT2D eigenvalue weighted by Gasteiger charge is -1.98. The first-order chi connectivity index (χ1) is 7.56. The van der Waals surface area contributed by atoms with Crippen LogP contribution in [0.1, 0.15) is 31.0 Å². The lowest BCUT2D eigenvalue weighted by molar-refractivity contribution is 0.649. The van der Waals surface area contributed by atoms with Gasteiger partial charge in [-0.05, 0) is 11.5 Å². The summed E-state index contributed by atoms with van der Waals surface area (Å²) in [7, 11) is 1.83. The Morgan fingerprint density at radius 2 is 2.19 bits per heavy atom. The summed E-state index contributed by atoms with van der Waals surface area (Å²) in [4.78, 5) is 0. The molecule has 0 unspecified atom stereocenters. The van der Waals surface area contributed by atoms with E-state index in [9.17, 15) is 0 Å². The number of hydrogen-bond acceptors (Lipinski definition) is 2. The van der Waals surface area contributed by atoms with Crippen molar-refractivity contribution in [3.63, 3.8) is 0 Å². The van der Waals surface area contributed by atoms with Gasteiger partial charge >= 0.3 is 0 Å². The third-order valence-electron chi connectivity index (χ3n) is 2.52. The number of rotatable bonds is 3. The van der Waals surface area contributed by atoms with Crippen molar-refractivity contribution in [1.82, 2.24) is 19.6 Å². The topological polar surface area (TPSA) is 35.6 Å². The normalized spacial score (nSPS) is 11.3. The summed E-state index contributed by atoms with van der Waals surface area (Å²) in [6, 6.07) is 1.86. The van der Waals surface area contributed by atoms with Crippen LogP contribution in [0.15, 0.2) is 18.5 Å². The lowest BCUT2D eigenvalue weighted by atomic mass is 10.1. The van der Waals surface area contributed by atoms with Crippen molar-refractivity contribution in [3.8, 4) is 0 Å². The summed E-state index contributed by atoms with van der Waals surface area (Å²) in [5.74, 6) is 0.501. The van der Waals surface area contributed by atoms with Crippen LogP contribution in [-0.4, -0.2) is 19.6 Å². The molecule has 0 N–H and O–H groups in total. The Hall–Kier alpha value is -1.29. The Labute approximate surface area is 99.8 Å². The van der Waals surface area contributed by atoms with Crippen LogP contribution in [0.25, 0.3) is 0 Å². The van der Waals surface area contributed by atoms with Crippen LogP contribution in [-0.2, 0) is 13.6 Å². The molecule has 0 saturated heterocycles. The van der Waals surface area contributed by atoms with Crippen LogP contribution in [0.2, 0.25) is 5.15 Å². The molecule has 0 fully saturated rings. The van der Waals surface area contributed by atoms with Crippen LogP contribution >= 0.6 is 11.6 Å². The van der Waals surface area contributed by atoms with Gasteiger partial charge in [0.1, 0.15) is 5.15 Å². The smallest absolute Gasteiger partial charge is 0.127 e. The molecule has 5 heteroatoms. The summed E-state index contributed by atoms with van der Waals surface area (Å²) < 4.78 is 3.54. The van der Waals surface area contributed by atoms with Gasteiger partial charge in [0.05, 0.1) is 18.4 Å². The average molecular weight is 239 g/mol. The molecule has 2 rings (SSSR count). The molecule has 0 bridgehead atoms. The maximum atomic E-state index is 5.92. The Morgan fingerprint density at radius 1 is 1.44 bits per heavy atom. The fourth-order valence-electron chi connectivity index (χ4n) is 1.51. The van der Waals surface area contributed by atoms with Gasteiger partial charge in [-0.1, -0.05) is 25.4 Å². The molecule has 0 amide bonds. The second-order valence-electron chi connectivity index (χ2n) is 4.21. The number of aromatic nitrogens is 4. The summed E-state index contributed by atoms with van der Waals surface area (Å²) in [6.07, 6.45) is 3.95. The van der Waals surface area contributed by atoms with Crippen molar-refractivity contribution in [3.05, 3.63) is 34.9 Å². The molecule has 0 saturated carbocycles. The summed E-state index contributed by atoms with van der Waals surface area (Å²) in [5, 5.41) is 9.22. The zero-order valence-electron chi connectivity index (χ0n) is 9.68. The predicted molar refractivity (Wildman–Crippen MR) is 63.6 cm³/mol. The molecule has 0 aliphatic carbocycles. The highest BCUT2D eigenvalue weighted by Crippen LogP contribution is 2.14. The first-order valence-electron chi connectivity index (χ1n) is 5.27. The van der Waals surface area contributed by atoms with E-state index in [4.69, 9.17) is 11.6 Å². The van der Waals surface area contributed by atoms with Crippen LogP contribution in [0.4, 0.5) is 0 Å². The minimum Gasteiger partial charge on any atom is -0.266 e. The van der Waals surface area contributed by atoms with Gasteiger partial charge < -0.3 is 0 Å². The molecule has 0 aromatic carbocycles. The molecule has 0 aliphatic heterocycles. The van der Waals surface area contributed by atoms with Gasteiger partial charge in [-0.2, -0.15) is 10.2 Å². The molecule has 2 aromatic rings. The van der Waals surface area contributed by atoms with E-state index in [-0.39, 0.29) is 0 Å². The number of nitrogens with zero attached hydrogens (tertiary/aromatic N) is 4. The van der Waals surface area contributed by atoms with Crippen molar-refractivity contribution in [2.45, 2.75) is 26.3 Å². The Kier molecular flexibility index (Phi) is 3.01. The maximum absolute atomic E-state index is 5.92. The van der Waals surface area contributed by atoms with E-state index in [1.54, 1.807) is 4.68 Å². The van der Waals surface area contributed by atoms with E-state index >= 15 is 0 Å². The third kappa shape index (κ3) is 2.27. The molecule has 0 atom stereocenters. The molecule has 4 nitrogen and oxygen atoms in total. The molecule has 16 heavy (non-hydrogen) atoms. The predicted octanol–water partition coefficient (Wildman–Crippen LogP) is 2.44. The summed E-state index contributed by atoms with van der Waals surface area (Å²) in [5.41, 5.74) is 2.16.